The molecule has 0 aliphatic rings. The van der Waals surface area contributed by atoms with Crippen molar-refractivity contribution in [1.29, 1.82) is 5.26 Å². The standard InChI is InChI=1S/C13H18N2S/c14-9-5-2-6-10-15-11-12-16-13-7-3-1-4-8-13/h1,3-4,7-8,15H,2,5-6,10-12H2. The van der Waals surface area contributed by atoms with Gasteiger partial charge in [-0.25, -0.2) is 0 Å². The molecular formula is C13H18N2S. The van der Waals surface area contributed by atoms with E-state index in [2.05, 4.69) is 35.7 Å². The van der Waals surface area contributed by atoms with Crippen molar-refractivity contribution >= 4 is 11.8 Å². The molecule has 0 radical (unpaired) electrons. The first-order chi connectivity index (χ1) is 7.93. The third kappa shape index (κ3) is 6.49. The van der Waals surface area contributed by atoms with Gasteiger partial charge in [0.05, 0.1) is 6.07 Å². The summed E-state index contributed by atoms with van der Waals surface area (Å²) in [5.74, 6) is 1.10. The lowest BCUT2D eigenvalue weighted by molar-refractivity contribution is 0.650. The van der Waals surface area contributed by atoms with Gasteiger partial charge in [-0.1, -0.05) is 18.2 Å². The molecule has 1 rings (SSSR count). The van der Waals surface area contributed by atoms with E-state index in [0.29, 0.717) is 6.42 Å². The van der Waals surface area contributed by atoms with Gasteiger partial charge in [0.1, 0.15) is 0 Å². The highest BCUT2D eigenvalue weighted by Crippen LogP contribution is 2.15. The van der Waals surface area contributed by atoms with Crippen LogP contribution in [0.1, 0.15) is 19.3 Å². The molecule has 0 aromatic heterocycles. The SMILES string of the molecule is N#CCCCCNCCSc1ccccc1. The molecule has 0 saturated carbocycles. The number of rotatable bonds is 8. The summed E-state index contributed by atoms with van der Waals surface area (Å²) in [6.07, 6.45) is 2.79. The van der Waals surface area contributed by atoms with Crippen LogP contribution in [0.4, 0.5) is 0 Å². The van der Waals surface area contributed by atoms with Gasteiger partial charge in [0, 0.05) is 23.6 Å². The topological polar surface area (TPSA) is 35.8 Å². The van der Waals surface area contributed by atoms with Crippen molar-refractivity contribution in [2.75, 3.05) is 18.8 Å². The van der Waals surface area contributed by atoms with Crippen molar-refractivity contribution in [2.24, 2.45) is 0 Å². The molecule has 1 aromatic carbocycles. The van der Waals surface area contributed by atoms with Crippen LogP contribution in [0, 0.1) is 11.3 Å². The minimum atomic E-state index is 0.681. The van der Waals surface area contributed by atoms with Gasteiger partial charge in [-0.3, -0.25) is 0 Å². The zero-order chi connectivity index (χ0) is 11.5. The smallest absolute Gasteiger partial charge is 0.0621 e. The van der Waals surface area contributed by atoms with E-state index >= 15 is 0 Å². The highest BCUT2D eigenvalue weighted by atomic mass is 32.2. The van der Waals surface area contributed by atoms with Crippen LogP contribution in [-0.2, 0) is 0 Å². The van der Waals surface area contributed by atoms with Crippen LogP contribution in [-0.4, -0.2) is 18.8 Å². The molecule has 0 bridgehead atoms. The fraction of sp³-hybridized carbons (Fsp3) is 0.462. The van der Waals surface area contributed by atoms with Crippen molar-refractivity contribution in [1.82, 2.24) is 5.32 Å². The van der Waals surface area contributed by atoms with E-state index in [1.54, 1.807) is 0 Å². The molecule has 0 fully saturated rings. The summed E-state index contributed by atoms with van der Waals surface area (Å²) in [6.45, 7) is 2.06. The molecule has 0 heterocycles. The molecule has 3 heteroatoms. The van der Waals surface area contributed by atoms with Crippen molar-refractivity contribution in [3.8, 4) is 6.07 Å². The maximum atomic E-state index is 8.36. The van der Waals surface area contributed by atoms with Gasteiger partial charge in [0.15, 0.2) is 0 Å². The highest BCUT2D eigenvalue weighted by Gasteiger charge is 1.92. The first kappa shape index (κ1) is 13.1. The van der Waals surface area contributed by atoms with Gasteiger partial charge in [0.2, 0.25) is 0 Å². The lowest BCUT2D eigenvalue weighted by atomic mass is 10.2. The second-order valence-corrected chi connectivity index (χ2v) is 4.70. The van der Waals surface area contributed by atoms with Crippen LogP contribution in [0.5, 0.6) is 0 Å². The van der Waals surface area contributed by atoms with Crippen molar-refractivity contribution in [3.05, 3.63) is 30.3 Å². The average molecular weight is 234 g/mol. The number of hydrogen-bond donors (Lipinski definition) is 1. The summed E-state index contributed by atoms with van der Waals surface area (Å²) in [5.41, 5.74) is 0. The van der Waals surface area contributed by atoms with E-state index in [-0.39, 0.29) is 0 Å². The molecule has 0 spiro atoms. The molecule has 2 nitrogen and oxygen atoms in total. The monoisotopic (exact) mass is 234 g/mol. The number of hydrogen-bond acceptors (Lipinski definition) is 3. The maximum absolute atomic E-state index is 8.36. The Morgan fingerprint density at radius 3 is 2.69 bits per heavy atom. The van der Waals surface area contributed by atoms with E-state index in [4.69, 9.17) is 5.26 Å². The number of nitrogens with zero attached hydrogens (tertiary/aromatic N) is 1. The zero-order valence-corrected chi connectivity index (χ0v) is 10.3. The largest absolute Gasteiger partial charge is 0.316 e. The Hall–Kier alpha value is -0.980. The summed E-state index contributed by atoms with van der Waals surface area (Å²) in [7, 11) is 0. The van der Waals surface area contributed by atoms with Crippen molar-refractivity contribution < 1.29 is 0 Å². The van der Waals surface area contributed by atoms with Gasteiger partial charge >= 0.3 is 0 Å². The summed E-state index contributed by atoms with van der Waals surface area (Å²) in [4.78, 5) is 1.33. The molecule has 0 saturated heterocycles. The Labute approximate surface area is 102 Å². The molecule has 16 heavy (non-hydrogen) atoms. The summed E-state index contributed by atoms with van der Waals surface area (Å²) < 4.78 is 0. The normalized spacial score (nSPS) is 9.94. The molecule has 0 atom stereocenters. The quantitative estimate of drug-likeness (QED) is 0.554. The van der Waals surface area contributed by atoms with Gasteiger partial charge < -0.3 is 5.32 Å². The maximum Gasteiger partial charge on any atom is 0.0621 e. The van der Waals surface area contributed by atoms with Crippen LogP contribution in [0.25, 0.3) is 0 Å². The van der Waals surface area contributed by atoms with Crippen molar-refractivity contribution in [3.63, 3.8) is 0 Å². The van der Waals surface area contributed by atoms with Gasteiger partial charge in [-0.2, -0.15) is 5.26 Å². The van der Waals surface area contributed by atoms with Crippen LogP contribution in [0.2, 0.25) is 0 Å². The first-order valence-electron chi connectivity index (χ1n) is 5.69. The Balaban J connectivity index is 1.91. The molecule has 0 unspecified atom stereocenters. The molecule has 0 aliphatic carbocycles. The second-order valence-electron chi connectivity index (χ2n) is 3.53. The molecule has 1 aromatic rings. The number of nitrogens with one attached hydrogen (secondary N) is 1. The van der Waals surface area contributed by atoms with E-state index in [0.717, 1.165) is 31.7 Å². The number of thioether (sulfide) groups is 1. The zero-order valence-electron chi connectivity index (χ0n) is 9.48. The fourth-order valence-electron chi connectivity index (χ4n) is 1.34. The molecular weight excluding hydrogens is 216 g/mol. The van der Waals surface area contributed by atoms with E-state index in [9.17, 15) is 0 Å². The lowest BCUT2D eigenvalue weighted by Gasteiger charge is -2.03. The molecule has 0 aliphatic heterocycles. The Morgan fingerprint density at radius 2 is 1.94 bits per heavy atom. The average Bonchev–Trinajstić information content (AvgIpc) is 2.34. The fourth-order valence-corrected chi connectivity index (χ4v) is 2.17. The number of unbranched alkanes of at least 4 members (excludes halogenated alkanes) is 2. The van der Waals surface area contributed by atoms with E-state index < -0.39 is 0 Å². The van der Waals surface area contributed by atoms with Crippen LogP contribution in [0.15, 0.2) is 35.2 Å². The minimum absolute atomic E-state index is 0.681. The molecule has 1 N–H and O–H groups in total. The number of nitriles is 1. The van der Waals surface area contributed by atoms with E-state index in [1.165, 1.54) is 4.90 Å². The summed E-state index contributed by atoms with van der Waals surface area (Å²) in [6, 6.07) is 12.6. The Kier molecular flexibility index (Phi) is 7.57. The Morgan fingerprint density at radius 1 is 1.12 bits per heavy atom. The van der Waals surface area contributed by atoms with Gasteiger partial charge in [0.25, 0.3) is 0 Å². The minimum Gasteiger partial charge on any atom is -0.316 e. The number of benzene rings is 1. The van der Waals surface area contributed by atoms with Crippen LogP contribution < -0.4 is 5.32 Å². The van der Waals surface area contributed by atoms with Gasteiger partial charge in [-0.05, 0) is 31.5 Å². The summed E-state index contributed by atoms with van der Waals surface area (Å²) in [5, 5.41) is 11.7. The third-order valence-electron chi connectivity index (χ3n) is 2.18. The van der Waals surface area contributed by atoms with Crippen LogP contribution in [0.3, 0.4) is 0 Å². The lowest BCUT2D eigenvalue weighted by Crippen LogP contribution is -2.18. The second kappa shape index (κ2) is 9.26. The molecule has 86 valence electrons. The summed E-state index contributed by atoms with van der Waals surface area (Å²) >= 11 is 1.87. The third-order valence-corrected chi connectivity index (χ3v) is 3.20. The van der Waals surface area contributed by atoms with E-state index in [1.807, 2.05) is 17.8 Å². The van der Waals surface area contributed by atoms with Gasteiger partial charge in [-0.15, -0.1) is 11.8 Å². The van der Waals surface area contributed by atoms with Crippen LogP contribution >= 0.6 is 11.8 Å². The highest BCUT2D eigenvalue weighted by molar-refractivity contribution is 7.99. The van der Waals surface area contributed by atoms with Crippen molar-refractivity contribution in [2.45, 2.75) is 24.2 Å². The Bertz CT molecular complexity index is 305. The predicted molar refractivity (Wildman–Crippen MR) is 69.5 cm³/mol. The first-order valence-corrected chi connectivity index (χ1v) is 6.67. The molecule has 0 amide bonds. The predicted octanol–water partition coefficient (Wildman–Crippen LogP) is 3.06.